The second kappa shape index (κ2) is 5.80. The maximum Gasteiger partial charge on any atom is 0.271 e. The van der Waals surface area contributed by atoms with Crippen LogP contribution < -0.4 is 5.43 Å². The maximum atomic E-state index is 11.7. The second-order valence-electron chi connectivity index (χ2n) is 3.68. The molecule has 0 radical (unpaired) electrons. The molecular weight excluding hydrogens is 268 g/mol. The molecule has 1 aromatic carbocycles. The van der Waals surface area contributed by atoms with Crippen molar-refractivity contribution in [3.63, 3.8) is 0 Å². The molecule has 0 unspecified atom stereocenters. The van der Waals surface area contributed by atoms with Crippen LogP contribution in [-0.4, -0.2) is 12.1 Å². The molecule has 0 spiro atoms. The van der Waals surface area contributed by atoms with E-state index in [1.165, 1.54) is 0 Å². The zero-order valence-corrected chi connectivity index (χ0v) is 11.3. The van der Waals surface area contributed by atoms with Crippen LogP contribution in [-0.2, 0) is 0 Å². The van der Waals surface area contributed by atoms with Crippen molar-refractivity contribution in [2.45, 2.75) is 6.92 Å². The lowest BCUT2D eigenvalue weighted by atomic mass is 10.2. The van der Waals surface area contributed by atoms with E-state index in [4.69, 9.17) is 11.6 Å². The van der Waals surface area contributed by atoms with E-state index in [1.807, 2.05) is 18.4 Å². The van der Waals surface area contributed by atoms with Gasteiger partial charge >= 0.3 is 0 Å². The Balaban J connectivity index is 2.01. The van der Waals surface area contributed by atoms with Gasteiger partial charge in [-0.15, -0.1) is 11.3 Å². The zero-order valence-electron chi connectivity index (χ0n) is 9.68. The first kappa shape index (κ1) is 12.8. The Morgan fingerprint density at radius 2 is 2.28 bits per heavy atom. The summed E-state index contributed by atoms with van der Waals surface area (Å²) in [5.41, 5.74) is 4.10. The number of hydrogen-bond donors (Lipinski definition) is 1. The van der Waals surface area contributed by atoms with Crippen LogP contribution in [0.15, 0.2) is 40.8 Å². The quantitative estimate of drug-likeness (QED) is 0.678. The van der Waals surface area contributed by atoms with Gasteiger partial charge in [0.2, 0.25) is 0 Å². The van der Waals surface area contributed by atoms with Crippen molar-refractivity contribution in [1.29, 1.82) is 0 Å². The van der Waals surface area contributed by atoms with E-state index in [0.717, 1.165) is 10.4 Å². The van der Waals surface area contributed by atoms with Crippen molar-refractivity contribution < 1.29 is 4.79 Å². The summed E-state index contributed by atoms with van der Waals surface area (Å²) in [4.78, 5) is 12.8. The molecule has 1 heterocycles. The van der Waals surface area contributed by atoms with Gasteiger partial charge in [-0.1, -0.05) is 17.7 Å². The molecular formula is C13H11ClN2OS. The van der Waals surface area contributed by atoms with Crippen LogP contribution in [0.25, 0.3) is 0 Å². The van der Waals surface area contributed by atoms with Crippen LogP contribution in [0.1, 0.15) is 20.8 Å². The Morgan fingerprint density at radius 1 is 1.44 bits per heavy atom. The van der Waals surface area contributed by atoms with E-state index in [-0.39, 0.29) is 5.91 Å². The molecule has 0 fully saturated rings. The largest absolute Gasteiger partial charge is 0.271 e. The van der Waals surface area contributed by atoms with Crippen LogP contribution in [0.5, 0.6) is 0 Å². The number of carbonyl (C=O) groups excluding carboxylic acids is 1. The van der Waals surface area contributed by atoms with Gasteiger partial charge in [0.1, 0.15) is 0 Å². The summed E-state index contributed by atoms with van der Waals surface area (Å²) in [6.45, 7) is 2.00. The minimum atomic E-state index is -0.275. The number of hydrazone groups is 1. The summed E-state index contributed by atoms with van der Waals surface area (Å²) in [7, 11) is 0. The van der Waals surface area contributed by atoms with Crippen molar-refractivity contribution in [1.82, 2.24) is 5.43 Å². The first-order valence-corrected chi connectivity index (χ1v) is 6.55. The van der Waals surface area contributed by atoms with Crippen LogP contribution in [0.4, 0.5) is 0 Å². The average Bonchev–Trinajstić information content (AvgIpc) is 2.75. The third kappa shape index (κ3) is 3.18. The summed E-state index contributed by atoms with van der Waals surface area (Å²) in [6, 6.07) is 8.74. The fourth-order valence-electron chi connectivity index (χ4n) is 1.36. The fraction of sp³-hybridized carbons (Fsp3) is 0.0769. The van der Waals surface area contributed by atoms with Gasteiger partial charge in [-0.3, -0.25) is 4.79 Å². The number of rotatable bonds is 3. The van der Waals surface area contributed by atoms with E-state index < -0.39 is 0 Å². The van der Waals surface area contributed by atoms with E-state index in [9.17, 15) is 4.79 Å². The van der Waals surface area contributed by atoms with Crippen molar-refractivity contribution >= 4 is 35.1 Å². The summed E-state index contributed by atoms with van der Waals surface area (Å²) in [5, 5.41) is 6.43. The van der Waals surface area contributed by atoms with E-state index in [0.29, 0.717) is 10.6 Å². The first-order chi connectivity index (χ1) is 8.66. The number of nitrogens with zero attached hydrogens (tertiary/aromatic N) is 1. The van der Waals surface area contributed by atoms with Crippen molar-refractivity contribution in [2.75, 3.05) is 0 Å². The monoisotopic (exact) mass is 278 g/mol. The summed E-state index contributed by atoms with van der Waals surface area (Å²) in [5.74, 6) is -0.275. The topological polar surface area (TPSA) is 41.5 Å². The molecule has 18 heavy (non-hydrogen) atoms. The van der Waals surface area contributed by atoms with Crippen LogP contribution in [0, 0.1) is 6.92 Å². The highest BCUT2D eigenvalue weighted by Crippen LogP contribution is 2.12. The molecule has 1 N–H and O–H groups in total. The molecule has 0 saturated carbocycles. The lowest BCUT2D eigenvalue weighted by molar-refractivity contribution is 0.0955. The van der Waals surface area contributed by atoms with Crippen LogP contribution in [0.2, 0.25) is 5.02 Å². The number of hydrogen-bond acceptors (Lipinski definition) is 3. The number of aryl methyl sites for hydroxylation is 1. The molecule has 0 atom stereocenters. The predicted octanol–water partition coefficient (Wildman–Crippen LogP) is 3.47. The molecule has 1 amide bonds. The molecule has 0 saturated heterocycles. The SMILES string of the molecule is Cc1ccsc1/C=N\NC(=O)c1cccc(Cl)c1. The van der Waals surface area contributed by atoms with Gasteiger partial charge < -0.3 is 0 Å². The Labute approximate surface area is 114 Å². The normalized spacial score (nSPS) is 10.8. The molecule has 0 aliphatic rings. The Kier molecular flexibility index (Phi) is 4.12. The van der Waals surface area contributed by atoms with Crippen molar-refractivity contribution in [3.8, 4) is 0 Å². The highest BCUT2D eigenvalue weighted by atomic mass is 35.5. The van der Waals surface area contributed by atoms with Gasteiger partial charge in [0, 0.05) is 15.5 Å². The van der Waals surface area contributed by atoms with Gasteiger partial charge in [-0.2, -0.15) is 5.10 Å². The van der Waals surface area contributed by atoms with Gasteiger partial charge in [0.15, 0.2) is 0 Å². The smallest absolute Gasteiger partial charge is 0.267 e. The summed E-state index contributed by atoms with van der Waals surface area (Å²) >= 11 is 7.39. The number of nitrogens with one attached hydrogen (secondary N) is 1. The zero-order chi connectivity index (χ0) is 13.0. The van der Waals surface area contributed by atoms with Crippen molar-refractivity contribution in [3.05, 3.63) is 56.7 Å². The highest BCUT2D eigenvalue weighted by Gasteiger charge is 2.04. The van der Waals surface area contributed by atoms with E-state index >= 15 is 0 Å². The first-order valence-electron chi connectivity index (χ1n) is 5.30. The fourth-order valence-corrected chi connectivity index (χ4v) is 2.34. The Morgan fingerprint density at radius 3 is 2.94 bits per heavy atom. The number of thiophene rings is 1. The molecule has 2 rings (SSSR count). The summed E-state index contributed by atoms with van der Waals surface area (Å²) in [6.07, 6.45) is 1.64. The lowest BCUT2D eigenvalue weighted by Gasteiger charge is -1.99. The second-order valence-corrected chi connectivity index (χ2v) is 5.06. The Bertz CT molecular complexity index is 592. The molecule has 0 aliphatic carbocycles. The van der Waals surface area contributed by atoms with E-state index in [1.54, 1.807) is 41.8 Å². The Hall–Kier alpha value is -1.65. The average molecular weight is 279 g/mol. The standard InChI is InChI=1S/C13H11ClN2OS/c1-9-5-6-18-12(9)8-15-16-13(17)10-3-2-4-11(14)7-10/h2-8H,1H3,(H,16,17)/b15-8-. The molecule has 0 aliphatic heterocycles. The maximum absolute atomic E-state index is 11.7. The van der Waals surface area contributed by atoms with Crippen LogP contribution in [0.3, 0.4) is 0 Å². The molecule has 92 valence electrons. The van der Waals surface area contributed by atoms with Crippen molar-refractivity contribution in [2.24, 2.45) is 5.10 Å². The summed E-state index contributed by atoms with van der Waals surface area (Å²) < 4.78 is 0. The molecule has 5 heteroatoms. The third-order valence-corrected chi connectivity index (χ3v) is 3.52. The number of benzene rings is 1. The molecule has 0 bridgehead atoms. The molecule has 2 aromatic rings. The molecule has 3 nitrogen and oxygen atoms in total. The van der Waals surface area contributed by atoms with E-state index in [2.05, 4.69) is 10.5 Å². The highest BCUT2D eigenvalue weighted by molar-refractivity contribution is 7.11. The van der Waals surface area contributed by atoms with Gasteiger partial charge in [-0.05, 0) is 42.1 Å². The number of amides is 1. The molecule has 1 aromatic heterocycles. The minimum absolute atomic E-state index is 0.275. The lowest BCUT2D eigenvalue weighted by Crippen LogP contribution is -2.17. The van der Waals surface area contributed by atoms with Gasteiger partial charge in [0.05, 0.1) is 6.21 Å². The third-order valence-electron chi connectivity index (χ3n) is 2.34. The minimum Gasteiger partial charge on any atom is -0.267 e. The predicted molar refractivity (Wildman–Crippen MR) is 75.6 cm³/mol. The number of carbonyl (C=O) groups is 1. The number of halogens is 1. The van der Waals surface area contributed by atoms with Gasteiger partial charge in [0.25, 0.3) is 5.91 Å². The van der Waals surface area contributed by atoms with Gasteiger partial charge in [-0.25, -0.2) is 5.43 Å². The van der Waals surface area contributed by atoms with Crippen LogP contribution >= 0.6 is 22.9 Å².